The van der Waals surface area contributed by atoms with Gasteiger partial charge in [-0.15, -0.1) is 0 Å². The summed E-state index contributed by atoms with van der Waals surface area (Å²) in [6, 6.07) is 0.408. The predicted octanol–water partition coefficient (Wildman–Crippen LogP) is 3.34. The highest BCUT2D eigenvalue weighted by atomic mass is 16.5. The maximum absolute atomic E-state index is 5.88. The molecule has 98 valence electrons. The quantitative estimate of drug-likeness (QED) is 0.809. The van der Waals surface area contributed by atoms with Crippen LogP contribution in [-0.4, -0.2) is 19.2 Å². The van der Waals surface area contributed by atoms with Gasteiger partial charge in [-0.3, -0.25) is 0 Å². The second-order valence-electron chi connectivity index (χ2n) is 6.55. The number of hydrogen-bond donors (Lipinski definition) is 1. The molecule has 1 fully saturated rings. The van der Waals surface area contributed by atoms with Crippen LogP contribution in [0.5, 0.6) is 0 Å². The Balaban J connectivity index is 2.16. The van der Waals surface area contributed by atoms with Gasteiger partial charge in [0.15, 0.2) is 0 Å². The predicted molar refractivity (Wildman–Crippen MR) is 71.8 cm³/mol. The molecule has 0 amide bonds. The fraction of sp³-hybridized carbons (Fsp3) is 0.867. The topological polar surface area (TPSA) is 21.3 Å². The van der Waals surface area contributed by atoms with Crippen LogP contribution in [0.4, 0.5) is 0 Å². The Morgan fingerprint density at radius 3 is 2.41 bits per heavy atom. The Kier molecular flexibility index (Phi) is 3.28. The van der Waals surface area contributed by atoms with E-state index >= 15 is 0 Å². The van der Waals surface area contributed by atoms with Gasteiger partial charge in [0.05, 0.1) is 12.6 Å². The van der Waals surface area contributed by atoms with Gasteiger partial charge in [-0.2, -0.15) is 0 Å². The van der Waals surface area contributed by atoms with E-state index in [2.05, 4.69) is 46.0 Å². The highest BCUT2D eigenvalue weighted by molar-refractivity contribution is 5.23. The first-order valence-electron chi connectivity index (χ1n) is 6.99. The maximum atomic E-state index is 5.88. The Morgan fingerprint density at radius 2 is 2.00 bits per heavy atom. The van der Waals surface area contributed by atoms with E-state index < -0.39 is 0 Å². The van der Waals surface area contributed by atoms with Gasteiger partial charge in [-0.25, -0.2) is 0 Å². The fourth-order valence-electron chi connectivity index (χ4n) is 3.48. The summed E-state index contributed by atoms with van der Waals surface area (Å²) < 4.78 is 5.88. The lowest BCUT2D eigenvalue weighted by atomic mass is 10.0. The smallest absolute Gasteiger partial charge is 0.109 e. The summed E-state index contributed by atoms with van der Waals surface area (Å²) in [5.41, 5.74) is 0.808. The van der Waals surface area contributed by atoms with E-state index in [4.69, 9.17) is 4.74 Å². The molecule has 2 aliphatic rings. The molecular weight excluding hydrogens is 210 g/mol. The first-order valence-corrected chi connectivity index (χ1v) is 6.99. The highest BCUT2D eigenvalue weighted by Crippen LogP contribution is 2.70. The molecule has 0 saturated heterocycles. The van der Waals surface area contributed by atoms with E-state index in [0.29, 0.717) is 22.8 Å². The third-order valence-electron chi connectivity index (χ3n) is 5.16. The minimum Gasteiger partial charge on any atom is -0.497 e. The van der Waals surface area contributed by atoms with Crippen LogP contribution in [0.15, 0.2) is 11.8 Å². The lowest BCUT2D eigenvalue weighted by Crippen LogP contribution is -2.36. The van der Waals surface area contributed by atoms with Crippen molar-refractivity contribution >= 4 is 0 Å². The summed E-state index contributed by atoms with van der Waals surface area (Å²) in [5, 5.41) is 3.63. The number of nitrogens with one attached hydrogen (secondary N) is 1. The van der Waals surface area contributed by atoms with Crippen molar-refractivity contribution in [2.45, 2.75) is 53.5 Å². The van der Waals surface area contributed by atoms with Crippen LogP contribution < -0.4 is 5.32 Å². The molecule has 1 heterocycles. The lowest BCUT2D eigenvalue weighted by molar-refractivity contribution is 0.156. The van der Waals surface area contributed by atoms with Gasteiger partial charge in [0.25, 0.3) is 0 Å². The zero-order valence-corrected chi connectivity index (χ0v) is 12.0. The van der Waals surface area contributed by atoms with Gasteiger partial charge in [-0.1, -0.05) is 34.6 Å². The first-order chi connectivity index (χ1) is 7.93. The molecule has 1 N–H and O–H groups in total. The van der Waals surface area contributed by atoms with E-state index in [1.165, 1.54) is 18.6 Å². The normalized spacial score (nSPS) is 28.2. The summed E-state index contributed by atoms with van der Waals surface area (Å²) in [6.07, 6.45) is 4.63. The zero-order chi connectivity index (χ0) is 12.7. The molecule has 17 heavy (non-hydrogen) atoms. The van der Waals surface area contributed by atoms with Crippen molar-refractivity contribution in [2.24, 2.45) is 16.7 Å². The van der Waals surface area contributed by atoms with Crippen molar-refractivity contribution in [2.75, 3.05) is 13.2 Å². The van der Waals surface area contributed by atoms with E-state index in [9.17, 15) is 0 Å². The third-order valence-corrected chi connectivity index (χ3v) is 5.16. The fourth-order valence-corrected chi connectivity index (χ4v) is 3.48. The van der Waals surface area contributed by atoms with Crippen LogP contribution in [0.1, 0.15) is 47.5 Å². The number of ether oxygens (including phenoxy) is 1. The van der Waals surface area contributed by atoms with E-state index in [1.807, 2.05) is 0 Å². The van der Waals surface area contributed by atoms with Crippen LogP contribution in [-0.2, 0) is 4.74 Å². The van der Waals surface area contributed by atoms with Gasteiger partial charge in [0.2, 0.25) is 0 Å². The molecule has 2 heteroatoms. The van der Waals surface area contributed by atoms with Gasteiger partial charge in [-0.05, 0) is 42.2 Å². The Bertz CT molecular complexity index is 303. The summed E-state index contributed by atoms with van der Waals surface area (Å²) in [4.78, 5) is 0. The molecule has 0 aromatic heterocycles. The molecular formula is C15H27NO. The van der Waals surface area contributed by atoms with Gasteiger partial charge < -0.3 is 10.1 Å². The second kappa shape index (κ2) is 4.31. The molecule has 0 aromatic carbocycles. The molecule has 1 saturated carbocycles. The molecule has 0 aromatic rings. The van der Waals surface area contributed by atoms with E-state index in [1.54, 1.807) is 0 Å². The zero-order valence-electron chi connectivity index (χ0n) is 12.0. The van der Waals surface area contributed by atoms with Crippen LogP contribution in [0.3, 0.4) is 0 Å². The third kappa shape index (κ3) is 2.01. The van der Waals surface area contributed by atoms with Crippen LogP contribution in [0.25, 0.3) is 0 Å². The van der Waals surface area contributed by atoms with Crippen molar-refractivity contribution in [3.63, 3.8) is 0 Å². The summed E-state index contributed by atoms with van der Waals surface area (Å²) in [7, 11) is 0. The van der Waals surface area contributed by atoms with Gasteiger partial charge in [0.1, 0.15) is 5.76 Å². The molecule has 0 bridgehead atoms. The van der Waals surface area contributed by atoms with Crippen LogP contribution in [0.2, 0.25) is 0 Å². The summed E-state index contributed by atoms with van der Waals surface area (Å²) >= 11 is 0. The van der Waals surface area contributed by atoms with Crippen molar-refractivity contribution < 1.29 is 4.74 Å². The Morgan fingerprint density at radius 1 is 1.35 bits per heavy atom. The van der Waals surface area contributed by atoms with E-state index in [0.717, 1.165) is 13.2 Å². The number of likely N-dealkylation sites (N-methyl/N-ethyl adjacent to an activating group) is 1. The summed E-state index contributed by atoms with van der Waals surface area (Å²) in [6.45, 7) is 13.6. The standard InChI is InChI=1S/C15H27NO/c1-6-16-12(11-9-7-8-10-17-11)13-14(2,3)15(13,4)5/h9,12-13,16H,6-8,10H2,1-5H3. The second-order valence-corrected chi connectivity index (χ2v) is 6.55. The molecule has 1 aliphatic carbocycles. The lowest BCUT2D eigenvalue weighted by Gasteiger charge is -2.26. The minimum atomic E-state index is 0.404. The van der Waals surface area contributed by atoms with E-state index in [-0.39, 0.29) is 0 Å². The largest absolute Gasteiger partial charge is 0.497 e. The highest BCUT2D eigenvalue weighted by Gasteiger charge is 2.67. The molecule has 1 unspecified atom stereocenters. The maximum Gasteiger partial charge on any atom is 0.109 e. The molecule has 1 atom stereocenters. The number of hydrogen-bond acceptors (Lipinski definition) is 2. The van der Waals surface area contributed by atoms with Crippen molar-refractivity contribution in [3.8, 4) is 0 Å². The van der Waals surface area contributed by atoms with Crippen molar-refractivity contribution in [3.05, 3.63) is 11.8 Å². The van der Waals surface area contributed by atoms with Crippen molar-refractivity contribution in [1.82, 2.24) is 5.32 Å². The number of rotatable bonds is 4. The molecule has 2 rings (SSSR count). The SMILES string of the molecule is CCNC(C1=CCCCO1)C1C(C)(C)C1(C)C. The van der Waals surface area contributed by atoms with Gasteiger partial charge in [0, 0.05) is 0 Å². The Labute approximate surface area is 106 Å². The number of allylic oxidation sites excluding steroid dienone is 1. The van der Waals surface area contributed by atoms with Gasteiger partial charge >= 0.3 is 0 Å². The Hall–Kier alpha value is -0.500. The molecule has 1 aliphatic heterocycles. The minimum absolute atomic E-state index is 0.404. The summed E-state index contributed by atoms with van der Waals surface area (Å²) in [5.74, 6) is 1.88. The average molecular weight is 237 g/mol. The van der Waals surface area contributed by atoms with Crippen LogP contribution in [0, 0.1) is 16.7 Å². The monoisotopic (exact) mass is 237 g/mol. The molecule has 0 radical (unpaired) electrons. The van der Waals surface area contributed by atoms with Crippen LogP contribution >= 0.6 is 0 Å². The molecule has 0 spiro atoms. The molecule has 2 nitrogen and oxygen atoms in total. The van der Waals surface area contributed by atoms with Crippen molar-refractivity contribution in [1.29, 1.82) is 0 Å². The average Bonchev–Trinajstić information content (AvgIpc) is 2.68. The first kappa shape index (κ1) is 12.9.